The molecule has 21 heavy (non-hydrogen) atoms. The van der Waals surface area contributed by atoms with Gasteiger partial charge in [0.2, 0.25) is 0 Å². The van der Waals surface area contributed by atoms with Gasteiger partial charge in [0, 0.05) is 16.6 Å². The third kappa shape index (κ3) is 3.95. The monoisotopic (exact) mass is 380 g/mol. The van der Waals surface area contributed by atoms with Gasteiger partial charge >= 0.3 is 6.61 Å². The summed E-state index contributed by atoms with van der Waals surface area (Å²) < 4.78 is 42.7. The van der Waals surface area contributed by atoms with E-state index in [1.165, 1.54) is 0 Å². The van der Waals surface area contributed by atoms with Gasteiger partial charge in [-0.1, -0.05) is 27.5 Å². The molecule has 0 amide bonds. The van der Waals surface area contributed by atoms with E-state index in [0.717, 1.165) is 16.6 Å². The summed E-state index contributed by atoms with van der Waals surface area (Å²) in [5.41, 5.74) is 6.38. The van der Waals surface area contributed by atoms with Crippen molar-refractivity contribution >= 4 is 44.6 Å². The van der Waals surface area contributed by atoms with Gasteiger partial charge in [0.05, 0.1) is 22.1 Å². The van der Waals surface area contributed by atoms with Crippen molar-refractivity contribution in [2.75, 3.05) is 11.1 Å². The molecule has 0 aliphatic carbocycles. The molecule has 2 aromatic rings. The van der Waals surface area contributed by atoms with E-state index in [4.69, 9.17) is 17.3 Å². The van der Waals surface area contributed by atoms with Gasteiger partial charge in [-0.15, -0.1) is 0 Å². The molecule has 0 saturated carbocycles. The summed E-state index contributed by atoms with van der Waals surface area (Å²) in [6.45, 7) is -3.13. The number of nitrogens with two attached hydrogens (primary N) is 1. The Bertz CT molecular complexity index is 670. The molecule has 0 spiro atoms. The van der Waals surface area contributed by atoms with E-state index >= 15 is 0 Å². The predicted molar refractivity (Wildman–Crippen MR) is 79.9 cm³/mol. The molecule has 2 aromatic carbocycles. The zero-order chi connectivity index (χ0) is 15.6. The van der Waals surface area contributed by atoms with Crippen molar-refractivity contribution in [3.05, 3.63) is 45.6 Å². The highest BCUT2D eigenvalue weighted by Gasteiger charge is 2.14. The zero-order valence-electron chi connectivity index (χ0n) is 10.3. The van der Waals surface area contributed by atoms with Crippen LogP contribution in [0.2, 0.25) is 5.02 Å². The fourth-order valence-electron chi connectivity index (χ4n) is 1.60. The second-order valence-electron chi connectivity index (χ2n) is 4.00. The van der Waals surface area contributed by atoms with Crippen LogP contribution in [-0.4, -0.2) is 6.61 Å². The number of alkyl halides is 2. The Kier molecular flexibility index (Phi) is 4.84. The molecule has 0 saturated heterocycles. The molecule has 0 aliphatic rings. The fraction of sp³-hybridized carbons (Fsp3) is 0.0769. The first-order valence-corrected chi connectivity index (χ1v) is 6.80. The Morgan fingerprint density at radius 3 is 2.52 bits per heavy atom. The van der Waals surface area contributed by atoms with Crippen LogP contribution >= 0.6 is 27.5 Å². The largest absolute Gasteiger partial charge is 0.432 e. The lowest BCUT2D eigenvalue weighted by Gasteiger charge is -2.14. The molecule has 0 radical (unpaired) electrons. The van der Waals surface area contributed by atoms with Gasteiger partial charge in [0.15, 0.2) is 11.6 Å². The van der Waals surface area contributed by atoms with Gasteiger partial charge in [0.25, 0.3) is 0 Å². The Morgan fingerprint density at radius 2 is 1.90 bits per heavy atom. The van der Waals surface area contributed by atoms with E-state index in [2.05, 4.69) is 26.0 Å². The van der Waals surface area contributed by atoms with Crippen molar-refractivity contribution in [3.63, 3.8) is 0 Å². The molecular weight excluding hydrogens is 373 g/mol. The molecule has 3 nitrogen and oxygen atoms in total. The summed E-state index contributed by atoms with van der Waals surface area (Å²) in [5, 5.41) is 3.22. The highest BCUT2D eigenvalue weighted by atomic mass is 79.9. The van der Waals surface area contributed by atoms with Crippen LogP contribution in [0.25, 0.3) is 0 Å². The van der Waals surface area contributed by atoms with Crippen molar-refractivity contribution in [2.45, 2.75) is 6.61 Å². The van der Waals surface area contributed by atoms with Crippen molar-refractivity contribution in [1.29, 1.82) is 0 Å². The standard InChI is InChI=1S/C13H9BrClF3N2O/c14-6-1-2-10(7(15)3-6)20-11-5-12(21-13(17)18)8(16)4-9(11)19/h1-5,13,20H,19H2. The van der Waals surface area contributed by atoms with E-state index in [1.54, 1.807) is 18.2 Å². The van der Waals surface area contributed by atoms with Gasteiger partial charge in [-0.25, -0.2) is 4.39 Å². The molecule has 0 atom stereocenters. The second kappa shape index (κ2) is 6.44. The number of halogens is 5. The molecule has 112 valence electrons. The number of nitrogen functional groups attached to an aromatic ring is 1. The number of rotatable bonds is 4. The van der Waals surface area contributed by atoms with Crippen LogP contribution in [0, 0.1) is 5.82 Å². The Morgan fingerprint density at radius 1 is 1.19 bits per heavy atom. The molecule has 2 rings (SSSR count). The first kappa shape index (κ1) is 15.8. The molecule has 0 heterocycles. The van der Waals surface area contributed by atoms with E-state index in [1.807, 2.05) is 0 Å². The maximum Gasteiger partial charge on any atom is 0.387 e. The van der Waals surface area contributed by atoms with Crippen LogP contribution in [0.4, 0.5) is 30.2 Å². The number of anilines is 3. The van der Waals surface area contributed by atoms with Gasteiger partial charge in [-0.05, 0) is 18.2 Å². The topological polar surface area (TPSA) is 47.3 Å². The summed E-state index contributed by atoms with van der Waals surface area (Å²) in [6.07, 6.45) is 0. The van der Waals surface area contributed by atoms with Gasteiger partial charge in [0.1, 0.15) is 0 Å². The second-order valence-corrected chi connectivity index (χ2v) is 5.32. The summed E-state index contributed by atoms with van der Waals surface area (Å²) in [5.74, 6) is -1.57. The van der Waals surface area contributed by atoms with Gasteiger partial charge < -0.3 is 15.8 Å². The third-order valence-electron chi connectivity index (χ3n) is 2.52. The van der Waals surface area contributed by atoms with Gasteiger partial charge in [-0.2, -0.15) is 8.78 Å². The molecule has 0 fully saturated rings. The number of hydrogen-bond donors (Lipinski definition) is 2. The third-order valence-corrected chi connectivity index (χ3v) is 3.33. The molecule has 0 bridgehead atoms. The molecular formula is C13H9BrClF3N2O. The minimum absolute atomic E-state index is 0.0353. The summed E-state index contributed by atoms with van der Waals surface area (Å²) in [4.78, 5) is 0. The van der Waals surface area contributed by atoms with Crippen molar-refractivity contribution in [1.82, 2.24) is 0 Å². The van der Waals surface area contributed by atoms with Crippen molar-refractivity contribution in [3.8, 4) is 5.75 Å². The van der Waals surface area contributed by atoms with Crippen molar-refractivity contribution in [2.24, 2.45) is 0 Å². The first-order valence-electron chi connectivity index (χ1n) is 5.62. The average molecular weight is 382 g/mol. The molecule has 0 aliphatic heterocycles. The number of hydrogen-bond acceptors (Lipinski definition) is 3. The minimum Gasteiger partial charge on any atom is -0.432 e. The lowest BCUT2D eigenvalue weighted by Crippen LogP contribution is -2.06. The number of nitrogens with one attached hydrogen (secondary N) is 1. The predicted octanol–water partition coefficient (Wildman–Crippen LogP) is 5.17. The van der Waals surface area contributed by atoms with Crippen molar-refractivity contribution < 1.29 is 17.9 Å². The lowest BCUT2D eigenvalue weighted by molar-refractivity contribution is -0.0521. The summed E-state index contributed by atoms with van der Waals surface area (Å²) in [7, 11) is 0. The SMILES string of the molecule is Nc1cc(F)c(OC(F)F)cc1Nc1ccc(Br)cc1Cl. The molecule has 8 heteroatoms. The smallest absolute Gasteiger partial charge is 0.387 e. The van der Waals surface area contributed by atoms with E-state index in [0.29, 0.717) is 10.7 Å². The Hall–Kier alpha value is -1.60. The maximum absolute atomic E-state index is 13.5. The first-order chi connectivity index (χ1) is 9.86. The van der Waals surface area contributed by atoms with E-state index < -0.39 is 18.2 Å². The number of ether oxygens (including phenoxy) is 1. The van der Waals surface area contributed by atoms with Crippen LogP contribution in [0.1, 0.15) is 0 Å². The van der Waals surface area contributed by atoms with Crippen LogP contribution in [0.3, 0.4) is 0 Å². The Labute approximate surface area is 132 Å². The highest BCUT2D eigenvalue weighted by molar-refractivity contribution is 9.10. The average Bonchev–Trinajstić information content (AvgIpc) is 2.37. The quantitative estimate of drug-likeness (QED) is 0.718. The maximum atomic E-state index is 13.5. The summed E-state index contributed by atoms with van der Waals surface area (Å²) >= 11 is 9.28. The fourth-order valence-corrected chi connectivity index (χ4v) is 2.32. The summed E-state index contributed by atoms with van der Waals surface area (Å²) in [6, 6.07) is 6.97. The zero-order valence-corrected chi connectivity index (χ0v) is 12.7. The van der Waals surface area contributed by atoms with Crippen LogP contribution < -0.4 is 15.8 Å². The van der Waals surface area contributed by atoms with Crippen LogP contribution in [0.15, 0.2) is 34.8 Å². The Balaban J connectivity index is 2.34. The molecule has 3 N–H and O–H groups in total. The molecule has 0 aromatic heterocycles. The van der Waals surface area contributed by atoms with Gasteiger partial charge in [-0.3, -0.25) is 0 Å². The highest BCUT2D eigenvalue weighted by Crippen LogP contribution is 2.34. The number of benzene rings is 2. The lowest BCUT2D eigenvalue weighted by atomic mass is 10.2. The normalized spacial score (nSPS) is 10.8. The van der Waals surface area contributed by atoms with E-state index in [-0.39, 0.29) is 11.4 Å². The van der Waals surface area contributed by atoms with Crippen LogP contribution in [-0.2, 0) is 0 Å². The van der Waals surface area contributed by atoms with Crippen LogP contribution in [0.5, 0.6) is 5.75 Å². The molecule has 0 unspecified atom stereocenters. The minimum atomic E-state index is -3.13. The van der Waals surface area contributed by atoms with E-state index in [9.17, 15) is 13.2 Å².